The first-order chi connectivity index (χ1) is 10.6. The van der Waals surface area contributed by atoms with Gasteiger partial charge in [0.05, 0.1) is 23.3 Å². The fourth-order valence-corrected chi connectivity index (χ4v) is 2.75. The van der Waals surface area contributed by atoms with Crippen LogP contribution in [0.3, 0.4) is 0 Å². The smallest absolute Gasteiger partial charge is 0.166 e. The lowest BCUT2D eigenvalue weighted by Crippen LogP contribution is -2.37. The van der Waals surface area contributed by atoms with E-state index in [0.29, 0.717) is 24.8 Å². The third-order valence-corrected chi connectivity index (χ3v) is 3.94. The maximum Gasteiger partial charge on any atom is 0.166 e. The van der Waals surface area contributed by atoms with Crippen LogP contribution in [0.4, 0.5) is 0 Å². The van der Waals surface area contributed by atoms with E-state index in [2.05, 4.69) is 19.2 Å². The predicted octanol–water partition coefficient (Wildman–Crippen LogP) is 3.77. The number of aromatic hydroxyl groups is 1. The molecule has 1 atom stereocenters. The molecule has 1 aliphatic rings. The van der Waals surface area contributed by atoms with Gasteiger partial charge in [0.1, 0.15) is 12.0 Å². The van der Waals surface area contributed by atoms with Gasteiger partial charge >= 0.3 is 0 Å². The molecule has 0 spiro atoms. The fraction of sp³-hybridized carbons (Fsp3) is 0.222. The molecule has 0 radical (unpaired) electrons. The fourth-order valence-electron chi connectivity index (χ4n) is 2.75. The number of hydrogen-bond donors (Lipinski definition) is 1. The van der Waals surface area contributed by atoms with E-state index in [1.165, 1.54) is 12.5 Å². The van der Waals surface area contributed by atoms with E-state index in [0.717, 1.165) is 11.1 Å². The molecule has 1 aromatic carbocycles. The Hall–Kier alpha value is -2.80. The van der Waals surface area contributed by atoms with Crippen LogP contribution in [0.5, 0.6) is 5.75 Å². The summed E-state index contributed by atoms with van der Waals surface area (Å²) in [5, 5.41) is 19.0. The van der Waals surface area contributed by atoms with E-state index in [4.69, 9.17) is 4.42 Å². The third kappa shape index (κ3) is 2.66. The van der Waals surface area contributed by atoms with Gasteiger partial charge in [0.25, 0.3) is 0 Å². The van der Waals surface area contributed by atoms with Crippen molar-refractivity contribution in [3.05, 3.63) is 66.6 Å². The number of benzene rings is 1. The molecule has 4 heteroatoms. The molecule has 3 rings (SSSR count). The molecule has 0 saturated carbocycles. The number of carbonyl (C=O) groups is 1. The van der Waals surface area contributed by atoms with Gasteiger partial charge in [-0.2, -0.15) is 5.26 Å². The number of rotatable bonds is 4. The molecule has 4 nitrogen and oxygen atoms in total. The van der Waals surface area contributed by atoms with Crippen LogP contribution < -0.4 is 0 Å². The Bertz CT molecular complexity index is 712. The Morgan fingerprint density at radius 3 is 2.82 bits per heavy atom. The molecular formula is C18H17NO3. The molecule has 0 aliphatic heterocycles. The first-order valence-corrected chi connectivity index (χ1v) is 6.94. The quantitative estimate of drug-likeness (QED) is 0.688. The van der Waals surface area contributed by atoms with Crippen molar-refractivity contribution in [2.45, 2.75) is 24.7 Å². The van der Waals surface area contributed by atoms with E-state index in [-0.39, 0.29) is 11.5 Å². The first-order valence-electron chi connectivity index (χ1n) is 6.94. The minimum atomic E-state index is -0.645. The summed E-state index contributed by atoms with van der Waals surface area (Å²) in [6.07, 6.45) is 4.27. The maximum atomic E-state index is 12.0. The summed E-state index contributed by atoms with van der Waals surface area (Å²) < 4.78 is 4.89. The average Bonchev–Trinajstić information content (AvgIpc) is 3.07. The van der Waals surface area contributed by atoms with Crippen molar-refractivity contribution in [1.29, 1.82) is 5.26 Å². The van der Waals surface area contributed by atoms with Crippen LogP contribution in [0.2, 0.25) is 0 Å². The van der Waals surface area contributed by atoms with Crippen molar-refractivity contribution >= 4 is 5.78 Å². The minimum Gasteiger partial charge on any atom is -0.508 e. The van der Waals surface area contributed by atoms with Crippen LogP contribution in [0.15, 0.2) is 54.4 Å². The number of phenols is 1. The largest absolute Gasteiger partial charge is 0.508 e. The maximum absolute atomic E-state index is 12.0. The Morgan fingerprint density at radius 1 is 1.41 bits per heavy atom. The van der Waals surface area contributed by atoms with Crippen LogP contribution in [0.1, 0.15) is 34.3 Å². The Balaban J connectivity index is 0.000000847. The summed E-state index contributed by atoms with van der Waals surface area (Å²) in [6.45, 7) is 6.00. The van der Waals surface area contributed by atoms with Crippen molar-refractivity contribution in [3.8, 4) is 11.8 Å². The Morgan fingerprint density at radius 2 is 2.18 bits per heavy atom. The van der Waals surface area contributed by atoms with Crippen LogP contribution in [-0.2, 0) is 11.8 Å². The monoisotopic (exact) mass is 295 g/mol. The summed E-state index contributed by atoms with van der Waals surface area (Å²) in [5.41, 5.74) is 1.81. The van der Waals surface area contributed by atoms with Crippen LogP contribution in [0.25, 0.3) is 0 Å². The number of hydrogen-bond acceptors (Lipinski definition) is 4. The van der Waals surface area contributed by atoms with Gasteiger partial charge in [-0.3, -0.25) is 4.79 Å². The van der Waals surface area contributed by atoms with Gasteiger partial charge in [-0.1, -0.05) is 6.07 Å². The standard InChI is InChI=1S/C16H13NO3.C2H4/c17-10-16(5-3-15(19)12-4-6-20-9-12)8-11-1-2-13(18)7-14(11)16;1-2/h1-2,4,6-7,9,18H,3,5,8H2;1-2H2. The van der Waals surface area contributed by atoms with E-state index in [9.17, 15) is 15.2 Å². The number of carbonyl (C=O) groups excluding carboxylic acids is 1. The number of ketones is 1. The molecule has 0 bridgehead atoms. The van der Waals surface area contributed by atoms with Gasteiger partial charge in [0.2, 0.25) is 0 Å². The van der Waals surface area contributed by atoms with Gasteiger partial charge in [0, 0.05) is 6.42 Å². The molecule has 2 aromatic rings. The SMILES string of the molecule is C=C.N#CC1(CCC(=O)c2ccoc2)Cc2ccc(O)cc21. The summed E-state index contributed by atoms with van der Waals surface area (Å²) in [5.74, 6) is 0.131. The molecule has 1 heterocycles. The van der Waals surface area contributed by atoms with E-state index in [1.54, 1.807) is 18.2 Å². The molecule has 1 N–H and O–H groups in total. The van der Waals surface area contributed by atoms with Gasteiger partial charge in [-0.15, -0.1) is 13.2 Å². The highest BCUT2D eigenvalue weighted by molar-refractivity contribution is 5.95. The average molecular weight is 295 g/mol. The summed E-state index contributed by atoms with van der Waals surface area (Å²) in [4.78, 5) is 12.0. The molecule has 1 unspecified atom stereocenters. The summed E-state index contributed by atoms with van der Waals surface area (Å²) in [7, 11) is 0. The molecule has 1 aliphatic carbocycles. The van der Waals surface area contributed by atoms with Crippen molar-refractivity contribution in [1.82, 2.24) is 0 Å². The summed E-state index contributed by atoms with van der Waals surface area (Å²) >= 11 is 0. The van der Waals surface area contributed by atoms with Gasteiger partial charge < -0.3 is 9.52 Å². The van der Waals surface area contributed by atoms with Crippen LogP contribution >= 0.6 is 0 Å². The highest BCUT2D eigenvalue weighted by Gasteiger charge is 2.43. The van der Waals surface area contributed by atoms with Crippen LogP contribution in [-0.4, -0.2) is 10.9 Å². The molecule has 0 fully saturated rings. The lowest BCUT2D eigenvalue weighted by molar-refractivity contribution is 0.0971. The number of Topliss-reactive ketones (excluding diaryl/α,β-unsaturated/α-hetero) is 1. The third-order valence-electron chi connectivity index (χ3n) is 3.94. The first kappa shape index (κ1) is 15.6. The van der Waals surface area contributed by atoms with E-state index < -0.39 is 5.41 Å². The number of nitriles is 1. The van der Waals surface area contributed by atoms with Gasteiger partial charge in [0.15, 0.2) is 5.78 Å². The molecule has 112 valence electrons. The van der Waals surface area contributed by atoms with E-state index in [1.807, 2.05) is 6.07 Å². The number of nitrogens with zero attached hydrogens (tertiary/aromatic N) is 1. The topological polar surface area (TPSA) is 74.2 Å². The second kappa shape index (κ2) is 6.31. The molecule has 22 heavy (non-hydrogen) atoms. The van der Waals surface area contributed by atoms with Crippen molar-refractivity contribution in [3.63, 3.8) is 0 Å². The highest BCUT2D eigenvalue weighted by atomic mass is 16.3. The van der Waals surface area contributed by atoms with Crippen molar-refractivity contribution in [2.75, 3.05) is 0 Å². The zero-order chi connectivity index (χ0) is 16.2. The highest BCUT2D eigenvalue weighted by Crippen LogP contribution is 2.45. The lowest BCUT2D eigenvalue weighted by Gasteiger charge is -2.38. The number of phenolic OH excluding ortho intramolecular Hbond substituents is 1. The molecule has 0 amide bonds. The lowest BCUT2D eigenvalue weighted by atomic mass is 9.62. The normalized spacial score (nSPS) is 18.1. The summed E-state index contributed by atoms with van der Waals surface area (Å²) in [6, 6.07) is 9.02. The molecular weight excluding hydrogens is 278 g/mol. The van der Waals surface area contributed by atoms with Gasteiger partial charge in [-0.05, 0) is 42.2 Å². The second-order valence-electron chi connectivity index (χ2n) is 5.15. The zero-order valence-corrected chi connectivity index (χ0v) is 12.2. The van der Waals surface area contributed by atoms with Gasteiger partial charge in [-0.25, -0.2) is 0 Å². The van der Waals surface area contributed by atoms with Crippen molar-refractivity contribution < 1.29 is 14.3 Å². The molecule has 1 aromatic heterocycles. The van der Waals surface area contributed by atoms with E-state index >= 15 is 0 Å². The number of fused-ring (bicyclic) bond motifs is 1. The second-order valence-corrected chi connectivity index (χ2v) is 5.15. The predicted molar refractivity (Wildman–Crippen MR) is 82.6 cm³/mol. The molecule has 0 saturated heterocycles. The number of furan rings is 1. The Kier molecular flexibility index (Phi) is 4.47. The van der Waals surface area contributed by atoms with Crippen molar-refractivity contribution in [2.24, 2.45) is 0 Å². The van der Waals surface area contributed by atoms with Crippen LogP contribution in [0, 0.1) is 11.3 Å². The zero-order valence-electron chi connectivity index (χ0n) is 12.2. The Labute approximate surface area is 129 Å². The minimum absolute atomic E-state index is 0.0259.